The maximum absolute atomic E-state index is 9.45. The van der Waals surface area contributed by atoms with E-state index in [1.807, 2.05) is 25.3 Å². The van der Waals surface area contributed by atoms with E-state index in [1.54, 1.807) is 11.8 Å². The van der Waals surface area contributed by atoms with Crippen molar-refractivity contribution in [2.24, 2.45) is 0 Å². The predicted octanol–water partition coefficient (Wildman–Crippen LogP) is 3.55. The van der Waals surface area contributed by atoms with Crippen LogP contribution in [-0.2, 0) is 0 Å². The summed E-state index contributed by atoms with van der Waals surface area (Å²) in [6.07, 6.45) is 2.05. The molecule has 0 spiro atoms. The van der Waals surface area contributed by atoms with Gasteiger partial charge in [0.15, 0.2) is 5.06 Å². The summed E-state index contributed by atoms with van der Waals surface area (Å²) in [6, 6.07) is 8.19. The summed E-state index contributed by atoms with van der Waals surface area (Å²) in [5.74, 6) is 0. The molecule has 2 rings (SSSR count). The number of benzene rings is 1. The summed E-state index contributed by atoms with van der Waals surface area (Å²) in [5, 5.41) is 10.6. The highest BCUT2D eigenvalue weighted by molar-refractivity contribution is 7.98. The molecule has 2 nitrogen and oxygen atoms in total. The first-order valence-corrected chi connectivity index (χ1v) is 6.55. The minimum Gasteiger partial charge on any atom is -0.498 e. The van der Waals surface area contributed by atoms with E-state index in [2.05, 4.69) is 17.1 Å². The number of aryl methyl sites for hydroxylation is 1. The number of hydrogen-bond donors (Lipinski definition) is 1. The van der Waals surface area contributed by atoms with Gasteiger partial charge in [-0.2, -0.15) is 0 Å². The molecule has 2 aromatic rings. The molecule has 1 heterocycles. The summed E-state index contributed by atoms with van der Waals surface area (Å²) >= 11 is 3.03. The molecule has 0 aliphatic carbocycles. The summed E-state index contributed by atoms with van der Waals surface area (Å²) in [5.41, 5.74) is 1.75. The Balaban J connectivity index is 2.37. The Morgan fingerprint density at radius 3 is 2.40 bits per heavy atom. The zero-order chi connectivity index (χ0) is 10.8. The van der Waals surface area contributed by atoms with Crippen molar-refractivity contribution in [3.8, 4) is 15.6 Å². The van der Waals surface area contributed by atoms with Gasteiger partial charge in [-0.3, -0.25) is 0 Å². The van der Waals surface area contributed by atoms with Gasteiger partial charge in [0.25, 0.3) is 0 Å². The van der Waals surface area contributed by atoms with Crippen LogP contribution in [0.15, 0.2) is 29.2 Å². The highest BCUT2D eigenvalue weighted by atomic mass is 32.2. The van der Waals surface area contributed by atoms with Crippen molar-refractivity contribution in [2.45, 2.75) is 11.8 Å². The molecule has 0 aliphatic heterocycles. The molecule has 0 amide bonds. The van der Waals surface area contributed by atoms with Gasteiger partial charge < -0.3 is 5.11 Å². The Morgan fingerprint density at radius 1 is 1.27 bits per heavy atom. The molecule has 78 valence electrons. The Hall–Kier alpha value is -1.00. The summed E-state index contributed by atoms with van der Waals surface area (Å²) in [6.45, 7) is 1.81. The first-order chi connectivity index (χ1) is 7.20. The average Bonchev–Trinajstić information content (AvgIpc) is 2.59. The van der Waals surface area contributed by atoms with E-state index in [4.69, 9.17) is 0 Å². The lowest BCUT2D eigenvalue weighted by Crippen LogP contribution is -1.77. The molecular formula is C11H11NOS2. The maximum atomic E-state index is 9.45. The van der Waals surface area contributed by atoms with E-state index in [9.17, 15) is 5.11 Å². The molecule has 1 N–H and O–H groups in total. The van der Waals surface area contributed by atoms with Crippen molar-refractivity contribution in [3.63, 3.8) is 0 Å². The molecule has 4 heteroatoms. The quantitative estimate of drug-likeness (QED) is 0.811. The normalized spacial score (nSPS) is 10.5. The Labute approximate surface area is 97.0 Å². The third kappa shape index (κ3) is 2.16. The molecule has 15 heavy (non-hydrogen) atoms. The predicted molar refractivity (Wildman–Crippen MR) is 65.7 cm³/mol. The highest BCUT2D eigenvalue weighted by Crippen LogP contribution is 2.32. The van der Waals surface area contributed by atoms with Crippen LogP contribution in [0, 0.1) is 6.92 Å². The SMILES string of the molecule is CSc1ccc(-c2nc(C)c(O)s2)cc1. The van der Waals surface area contributed by atoms with Gasteiger partial charge in [0.1, 0.15) is 5.01 Å². The van der Waals surface area contributed by atoms with Gasteiger partial charge >= 0.3 is 0 Å². The molecule has 0 atom stereocenters. The fraction of sp³-hybridized carbons (Fsp3) is 0.182. The van der Waals surface area contributed by atoms with Crippen LogP contribution in [0.25, 0.3) is 10.6 Å². The first-order valence-electron chi connectivity index (χ1n) is 4.51. The van der Waals surface area contributed by atoms with Crippen molar-refractivity contribution in [1.29, 1.82) is 0 Å². The minimum absolute atomic E-state index is 0.305. The van der Waals surface area contributed by atoms with E-state index in [-0.39, 0.29) is 0 Å². The van der Waals surface area contributed by atoms with Crippen molar-refractivity contribution in [2.75, 3.05) is 6.26 Å². The third-order valence-corrected chi connectivity index (χ3v) is 3.86. The molecule has 0 fully saturated rings. The van der Waals surface area contributed by atoms with E-state index in [0.717, 1.165) is 10.6 Å². The zero-order valence-corrected chi connectivity index (χ0v) is 10.2. The van der Waals surface area contributed by atoms with Crippen molar-refractivity contribution in [1.82, 2.24) is 4.98 Å². The summed E-state index contributed by atoms with van der Waals surface area (Å²) in [7, 11) is 0. The number of hydrogen-bond acceptors (Lipinski definition) is 4. The molecule has 0 aliphatic rings. The molecule has 0 bridgehead atoms. The summed E-state index contributed by atoms with van der Waals surface area (Å²) < 4.78 is 0. The third-order valence-electron chi connectivity index (χ3n) is 2.11. The monoisotopic (exact) mass is 237 g/mol. The Morgan fingerprint density at radius 2 is 1.93 bits per heavy atom. The number of nitrogens with zero attached hydrogens (tertiary/aromatic N) is 1. The van der Waals surface area contributed by atoms with Crippen molar-refractivity contribution < 1.29 is 5.11 Å². The summed E-state index contributed by atoms with van der Waals surface area (Å²) in [4.78, 5) is 5.53. The first kappa shape index (κ1) is 10.5. The van der Waals surface area contributed by atoms with Gasteiger partial charge in [0, 0.05) is 10.5 Å². The Bertz CT molecular complexity index is 442. The largest absolute Gasteiger partial charge is 0.498 e. The van der Waals surface area contributed by atoms with E-state index in [1.165, 1.54) is 16.2 Å². The van der Waals surface area contributed by atoms with Crippen LogP contribution >= 0.6 is 23.1 Å². The van der Waals surface area contributed by atoms with Gasteiger partial charge in [-0.25, -0.2) is 4.98 Å². The smallest absolute Gasteiger partial charge is 0.195 e. The van der Waals surface area contributed by atoms with E-state index >= 15 is 0 Å². The molecule has 1 aromatic heterocycles. The lowest BCUT2D eigenvalue weighted by Gasteiger charge is -1.97. The maximum Gasteiger partial charge on any atom is 0.195 e. The molecular weight excluding hydrogens is 226 g/mol. The van der Waals surface area contributed by atoms with Crippen LogP contribution in [0.5, 0.6) is 5.06 Å². The second kappa shape index (κ2) is 4.24. The number of aromatic hydroxyl groups is 1. The molecule has 0 saturated heterocycles. The highest BCUT2D eigenvalue weighted by Gasteiger charge is 2.07. The van der Waals surface area contributed by atoms with Crippen LogP contribution in [-0.4, -0.2) is 16.3 Å². The molecule has 0 unspecified atom stereocenters. The topological polar surface area (TPSA) is 33.1 Å². The van der Waals surface area contributed by atoms with E-state index < -0.39 is 0 Å². The molecule has 0 saturated carbocycles. The lowest BCUT2D eigenvalue weighted by molar-refractivity contribution is 0.485. The zero-order valence-electron chi connectivity index (χ0n) is 8.52. The Kier molecular flexibility index (Phi) is 2.98. The fourth-order valence-corrected chi connectivity index (χ4v) is 2.47. The van der Waals surface area contributed by atoms with Crippen LogP contribution < -0.4 is 0 Å². The minimum atomic E-state index is 0.305. The fourth-order valence-electron chi connectivity index (χ4n) is 1.25. The van der Waals surface area contributed by atoms with Crippen LogP contribution in [0.2, 0.25) is 0 Å². The number of aromatic nitrogens is 1. The van der Waals surface area contributed by atoms with Crippen LogP contribution in [0.1, 0.15) is 5.69 Å². The standard InChI is InChI=1S/C11H11NOS2/c1-7-11(13)15-10(12-7)8-3-5-9(14-2)6-4-8/h3-6,13H,1-2H3. The van der Waals surface area contributed by atoms with Gasteiger partial charge in [-0.05, 0) is 25.3 Å². The molecule has 0 radical (unpaired) electrons. The molecule has 1 aromatic carbocycles. The number of thiazole rings is 1. The van der Waals surface area contributed by atoms with E-state index in [0.29, 0.717) is 10.8 Å². The van der Waals surface area contributed by atoms with Crippen LogP contribution in [0.4, 0.5) is 0 Å². The second-order valence-corrected chi connectivity index (χ2v) is 5.00. The van der Waals surface area contributed by atoms with Crippen molar-refractivity contribution in [3.05, 3.63) is 30.0 Å². The van der Waals surface area contributed by atoms with Crippen molar-refractivity contribution >= 4 is 23.1 Å². The number of thioether (sulfide) groups is 1. The van der Waals surface area contributed by atoms with Gasteiger partial charge in [0.05, 0.1) is 5.69 Å². The van der Waals surface area contributed by atoms with Gasteiger partial charge in [-0.1, -0.05) is 23.5 Å². The van der Waals surface area contributed by atoms with Gasteiger partial charge in [0.2, 0.25) is 0 Å². The second-order valence-electron chi connectivity index (χ2n) is 3.14. The van der Waals surface area contributed by atoms with Gasteiger partial charge in [-0.15, -0.1) is 11.8 Å². The number of rotatable bonds is 2. The lowest BCUT2D eigenvalue weighted by atomic mass is 10.2. The van der Waals surface area contributed by atoms with Crippen LogP contribution in [0.3, 0.4) is 0 Å². The average molecular weight is 237 g/mol.